The summed E-state index contributed by atoms with van der Waals surface area (Å²) < 4.78 is 29.1. The normalized spacial score (nSPS) is 11.3. The first-order valence-corrected chi connectivity index (χ1v) is 7.12. The Morgan fingerprint density at radius 1 is 1.24 bits per heavy atom. The lowest BCUT2D eigenvalue weighted by Gasteiger charge is -2.12. The molecule has 0 spiro atoms. The Kier molecular flexibility index (Phi) is 3.59. The molecular weight excluding hydrogens is 317 g/mol. The first kappa shape index (κ1) is 14.3. The zero-order chi connectivity index (χ0) is 15.1. The van der Waals surface area contributed by atoms with Crippen LogP contribution in [0.5, 0.6) is 0 Å². The van der Waals surface area contributed by atoms with Crippen molar-refractivity contribution in [3.05, 3.63) is 58.4 Å². The molecule has 0 unspecified atom stereocenters. The maximum absolute atomic E-state index is 13.9. The van der Waals surface area contributed by atoms with Gasteiger partial charge in [0, 0.05) is 17.2 Å². The minimum atomic E-state index is -0.713. The van der Waals surface area contributed by atoms with Crippen molar-refractivity contribution in [3.8, 4) is 5.69 Å². The summed E-state index contributed by atoms with van der Waals surface area (Å²) in [6.07, 6.45) is 0. The molecule has 0 bridgehead atoms. The van der Waals surface area contributed by atoms with Gasteiger partial charge < -0.3 is 0 Å². The zero-order valence-corrected chi connectivity index (χ0v) is 12.5. The van der Waals surface area contributed by atoms with E-state index in [0.29, 0.717) is 22.1 Å². The Labute approximate surface area is 129 Å². The maximum atomic E-state index is 13.9. The van der Waals surface area contributed by atoms with Crippen LogP contribution < -0.4 is 0 Å². The van der Waals surface area contributed by atoms with Crippen LogP contribution in [0.2, 0.25) is 5.02 Å². The van der Waals surface area contributed by atoms with E-state index in [1.54, 1.807) is 22.8 Å². The summed E-state index contributed by atoms with van der Waals surface area (Å²) in [6, 6.07) is 7.37. The third kappa shape index (κ3) is 2.28. The number of hydrogen-bond donors (Lipinski definition) is 0. The number of rotatable bonds is 2. The van der Waals surface area contributed by atoms with E-state index in [1.807, 2.05) is 6.92 Å². The van der Waals surface area contributed by atoms with Gasteiger partial charge in [-0.05, 0) is 24.6 Å². The highest BCUT2D eigenvalue weighted by Crippen LogP contribution is 2.29. The summed E-state index contributed by atoms with van der Waals surface area (Å²) >= 11 is 12.0. The van der Waals surface area contributed by atoms with E-state index in [9.17, 15) is 8.78 Å². The number of nitrogens with zero attached hydrogens (tertiary/aromatic N) is 2. The van der Waals surface area contributed by atoms with Crippen LogP contribution >= 0.6 is 23.2 Å². The molecule has 0 saturated carbocycles. The second-order valence-electron chi connectivity index (χ2n) is 4.64. The number of halogens is 4. The Morgan fingerprint density at radius 2 is 2.00 bits per heavy atom. The molecule has 2 aromatic carbocycles. The van der Waals surface area contributed by atoms with Crippen LogP contribution in [-0.2, 0) is 5.88 Å². The zero-order valence-electron chi connectivity index (χ0n) is 11.0. The molecule has 0 N–H and O–H groups in total. The summed E-state index contributed by atoms with van der Waals surface area (Å²) in [5.74, 6) is -0.875. The van der Waals surface area contributed by atoms with E-state index in [-0.39, 0.29) is 11.4 Å². The second kappa shape index (κ2) is 5.28. The van der Waals surface area contributed by atoms with Crippen molar-refractivity contribution in [3.63, 3.8) is 0 Å². The number of imidazole rings is 1. The number of alkyl halides is 1. The fourth-order valence-corrected chi connectivity index (χ4v) is 2.70. The molecule has 3 rings (SSSR count). The minimum absolute atomic E-state index is 0.0711. The Morgan fingerprint density at radius 3 is 2.71 bits per heavy atom. The van der Waals surface area contributed by atoms with E-state index in [0.717, 1.165) is 11.6 Å². The van der Waals surface area contributed by atoms with Gasteiger partial charge in [0.2, 0.25) is 0 Å². The summed E-state index contributed by atoms with van der Waals surface area (Å²) in [4.78, 5) is 4.17. The van der Waals surface area contributed by atoms with Crippen molar-refractivity contribution in [2.24, 2.45) is 0 Å². The molecule has 0 saturated heterocycles. The SMILES string of the molecule is Cc1c(Cl)cccc1-n1c(CCl)nc2c(F)cc(F)cc21. The third-order valence-electron chi connectivity index (χ3n) is 3.35. The summed E-state index contributed by atoms with van der Waals surface area (Å²) in [5.41, 5.74) is 1.90. The molecule has 0 amide bonds. The topological polar surface area (TPSA) is 17.8 Å². The monoisotopic (exact) mass is 326 g/mol. The Hall–Kier alpha value is -1.65. The van der Waals surface area contributed by atoms with Crippen LogP contribution in [0.4, 0.5) is 8.78 Å². The fraction of sp³-hybridized carbons (Fsp3) is 0.133. The van der Waals surface area contributed by atoms with Crippen molar-refractivity contribution < 1.29 is 8.78 Å². The van der Waals surface area contributed by atoms with E-state index in [4.69, 9.17) is 23.2 Å². The molecule has 0 radical (unpaired) electrons. The van der Waals surface area contributed by atoms with E-state index >= 15 is 0 Å². The molecule has 0 aliphatic heterocycles. The van der Waals surface area contributed by atoms with Crippen LogP contribution in [0, 0.1) is 18.6 Å². The molecule has 1 aromatic heterocycles. The van der Waals surface area contributed by atoms with Gasteiger partial charge in [-0.15, -0.1) is 11.6 Å². The Balaban J connectivity index is 2.43. The van der Waals surface area contributed by atoms with Crippen LogP contribution in [0.1, 0.15) is 11.4 Å². The number of aromatic nitrogens is 2. The lowest BCUT2D eigenvalue weighted by atomic mass is 10.2. The lowest BCUT2D eigenvalue weighted by Crippen LogP contribution is -2.02. The van der Waals surface area contributed by atoms with Crippen molar-refractivity contribution >= 4 is 34.2 Å². The first-order chi connectivity index (χ1) is 10.0. The average molecular weight is 327 g/mol. The highest BCUT2D eigenvalue weighted by Gasteiger charge is 2.18. The van der Waals surface area contributed by atoms with Gasteiger partial charge in [-0.1, -0.05) is 17.7 Å². The smallest absolute Gasteiger partial charge is 0.153 e. The van der Waals surface area contributed by atoms with Gasteiger partial charge in [-0.25, -0.2) is 13.8 Å². The van der Waals surface area contributed by atoms with Gasteiger partial charge in [0.05, 0.1) is 17.1 Å². The van der Waals surface area contributed by atoms with Gasteiger partial charge in [-0.2, -0.15) is 0 Å². The average Bonchev–Trinajstić information content (AvgIpc) is 2.80. The van der Waals surface area contributed by atoms with Crippen molar-refractivity contribution in [1.29, 1.82) is 0 Å². The predicted molar refractivity (Wildman–Crippen MR) is 80.3 cm³/mol. The van der Waals surface area contributed by atoms with Crippen LogP contribution in [0.3, 0.4) is 0 Å². The highest BCUT2D eigenvalue weighted by molar-refractivity contribution is 6.31. The Bertz CT molecular complexity index is 843. The summed E-state index contributed by atoms with van der Waals surface area (Å²) in [6.45, 7) is 1.83. The fourth-order valence-electron chi connectivity index (χ4n) is 2.35. The molecule has 3 aromatic rings. The predicted octanol–water partition coefficient (Wildman–Crippen LogP) is 5.00. The number of benzene rings is 2. The molecule has 0 fully saturated rings. The quantitative estimate of drug-likeness (QED) is 0.605. The largest absolute Gasteiger partial charge is 0.295 e. The van der Waals surface area contributed by atoms with Crippen LogP contribution in [0.15, 0.2) is 30.3 Å². The molecule has 0 aliphatic carbocycles. The molecular formula is C15H10Cl2F2N2. The maximum Gasteiger partial charge on any atom is 0.153 e. The van der Waals surface area contributed by atoms with Gasteiger partial charge >= 0.3 is 0 Å². The van der Waals surface area contributed by atoms with Crippen LogP contribution in [0.25, 0.3) is 16.7 Å². The number of fused-ring (bicyclic) bond motifs is 1. The molecule has 108 valence electrons. The van der Waals surface area contributed by atoms with Crippen molar-refractivity contribution in [1.82, 2.24) is 9.55 Å². The van der Waals surface area contributed by atoms with E-state index < -0.39 is 11.6 Å². The lowest BCUT2D eigenvalue weighted by molar-refractivity contribution is 0.590. The molecule has 2 nitrogen and oxygen atoms in total. The van der Waals surface area contributed by atoms with Crippen molar-refractivity contribution in [2.75, 3.05) is 0 Å². The molecule has 21 heavy (non-hydrogen) atoms. The number of hydrogen-bond acceptors (Lipinski definition) is 1. The van der Waals surface area contributed by atoms with Gasteiger partial charge in [0.1, 0.15) is 17.2 Å². The molecule has 6 heteroatoms. The van der Waals surface area contributed by atoms with Crippen LogP contribution in [-0.4, -0.2) is 9.55 Å². The van der Waals surface area contributed by atoms with E-state index in [1.165, 1.54) is 6.07 Å². The van der Waals surface area contributed by atoms with Gasteiger partial charge in [0.15, 0.2) is 5.82 Å². The summed E-state index contributed by atoms with van der Waals surface area (Å²) in [7, 11) is 0. The second-order valence-corrected chi connectivity index (χ2v) is 5.31. The molecule has 1 heterocycles. The molecule has 0 atom stereocenters. The standard InChI is InChI=1S/C15H10Cl2F2N2/c1-8-10(17)3-2-4-12(8)21-13-6-9(18)5-11(19)15(13)20-14(21)7-16/h2-6H,7H2,1H3. The van der Waals surface area contributed by atoms with Crippen molar-refractivity contribution in [2.45, 2.75) is 12.8 Å². The third-order valence-corrected chi connectivity index (χ3v) is 4.00. The molecule has 0 aliphatic rings. The van der Waals surface area contributed by atoms with Gasteiger partial charge in [-0.3, -0.25) is 4.57 Å². The van der Waals surface area contributed by atoms with E-state index in [2.05, 4.69) is 4.98 Å². The highest BCUT2D eigenvalue weighted by atomic mass is 35.5. The first-order valence-electron chi connectivity index (χ1n) is 6.20. The minimum Gasteiger partial charge on any atom is -0.295 e. The summed E-state index contributed by atoms with van der Waals surface area (Å²) in [5, 5.41) is 0.562. The van der Waals surface area contributed by atoms with Gasteiger partial charge in [0.25, 0.3) is 0 Å².